The summed E-state index contributed by atoms with van der Waals surface area (Å²) in [7, 11) is 4.06. The Kier molecular flexibility index (Phi) is 4.35. The lowest BCUT2D eigenvalue weighted by Crippen LogP contribution is -2.07. The third-order valence-electron chi connectivity index (χ3n) is 1.61. The van der Waals surface area contributed by atoms with Gasteiger partial charge in [-0.1, -0.05) is 24.3 Å². The van der Waals surface area contributed by atoms with E-state index in [1.165, 1.54) is 11.3 Å². The van der Waals surface area contributed by atoms with Crippen molar-refractivity contribution in [2.45, 2.75) is 13.8 Å². The maximum atomic E-state index is 3.67. The Bertz CT molecular complexity index is 185. The zero-order chi connectivity index (χ0) is 8.85. The second-order valence-electron chi connectivity index (χ2n) is 2.82. The van der Waals surface area contributed by atoms with Crippen molar-refractivity contribution in [3.8, 4) is 0 Å². The average Bonchev–Trinajstić information content (AvgIpc) is 1.99. The van der Waals surface area contributed by atoms with Gasteiger partial charge < -0.3 is 4.90 Å². The highest BCUT2D eigenvalue weighted by atomic mass is 15.1. The fraction of sp³-hybridized carbons (Fsp3) is 0.400. The molecule has 0 atom stereocenters. The van der Waals surface area contributed by atoms with E-state index in [-0.39, 0.29) is 0 Å². The van der Waals surface area contributed by atoms with Crippen LogP contribution in [0, 0.1) is 0 Å². The van der Waals surface area contributed by atoms with Crippen LogP contribution in [-0.4, -0.2) is 19.0 Å². The van der Waals surface area contributed by atoms with E-state index in [2.05, 4.69) is 30.6 Å². The van der Waals surface area contributed by atoms with Gasteiger partial charge in [0.25, 0.3) is 0 Å². The normalized spacial score (nSPS) is 13.1. The first-order chi connectivity index (χ1) is 5.07. The van der Waals surface area contributed by atoms with Crippen LogP contribution in [0.2, 0.25) is 0 Å². The minimum Gasteiger partial charge on any atom is -0.381 e. The first kappa shape index (κ1) is 10.0. The predicted molar refractivity (Wildman–Crippen MR) is 51.4 cm³/mol. The molecule has 0 N–H and O–H groups in total. The van der Waals surface area contributed by atoms with Gasteiger partial charge in [0.15, 0.2) is 0 Å². The van der Waals surface area contributed by atoms with Crippen molar-refractivity contribution >= 4 is 0 Å². The fourth-order valence-corrected chi connectivity index (χ4v) is 0.469. The Morgan fingerprint density at radius 2 is 1.73 bits per heavy atom. The van der Waals surface area contributed by atoms with Crippen molar-refractivity contribution in [1.29, 1.82) is 0 Å². The molecule has 0 aromatic heterocycles. The van der Waals surface area contributed by atoms with Crippen molar-refractivity contribution in [3.63, 3.8) is 0 Å². The van der Waals surface area contributed by atoms with E-state index in [0.717, 1.165) is 0 Å². The summed E-state index contributed by atoms with van der Waals surface area (Å²) >= 11 is 0. The smallest absolute Gasteiger partial charge is 0.00959 e. The van der Waals surface area contributed by atoms with E-state index in [1.54, 1.807) is 0 Å². The summed E-state index contributed by atoms with van der Waals surface area (Å²) in [6.07, 6.45) is 5.98. The zero-order valence-corrected chi connectivity index (χ0v) is 7.89. The van der Waals surface area contributed by atoms with Gasteiger partial charge >= 0.3 is 0 Å². The summed E-state index contributed by atoms with van der Waals surface area (Å²) in [5.41, 5.74) is 2.43. The Morgan fingerprint density at radius 3 is 2.09 bits per heavy atom. The van der Waals surface area contributed by atoms with E-state index in [4.69, 9.17) is 0 Å². The Labute approximate surface area is 69.7 Å². The average molecular weight is 151 g/mol. The van der Waals surface area contributed by atoms with Crippen LogP contribution in [0.15, 0.2) is 36.1 Å². The van der Waals surface area contributed by atoms with Crippen LogP contribution in [-0.2, 0) is 0 Å². The van der Waals surface area contributed by atoms with E-state index < -0.39 is 0 Å². The summed E-state index contributed by atoms with van der Waals surface area (Å²) in [5.74, 6) is 0. The quantitative estimate of drug-likeness (QED) is 0.560. The first-order valence-electron chi connectivity index (χ1n) is 3.73. The Balaban J connectivity index is 4.22. The molecule has 0 spiro atoms. The van der Waals surface area contributed by atoms with Gasteiger partial charge in [0.05, 0.1) is 0 Å². The lowest BCUT2D eigenvalue weighted by Gasteiger charge is -2.11. The van der Waals surface area contributed by atoms with Gasteiger partial charge in [0.1, 0.15) is 0 Å². The summed E-state index contributed by atoms with van der Waals surface area (Å²) in [4.78, 5) is 2.08. The molecule has 0 amide bonds. The van der Waals surface area contributed by atoms with Crippen molar-refractivity contribution in [3.05, 3.63) is 36.1 Å². The molecule has 0 heterocycles. The second kappa shape index (κ2) is 4.78. The molecule has 0 saturated carbocycles. The molecule has 0 aromatic carbocycles. The van der Waals surface area contributed by atoms with Gasteiger partial charge in [-0.2, -0.15) is 0 Å². The highest BCUT2D eigenvalue weighted by Crippen LogP contribution is 1.99. The lowest BCUT2D eigenvalue weighted by molar-refractivity contribution is 0.514. The van der Waals surface area contributed by atoms with E-state index in [0.29, 0.717) is 0 Å². The Morgan fingerprint density at radius 1 is 1.18 bits per heavy atom. The van der Waals surface area contributed by atoms with Crippen LogP contribution in [0.25, 0.3) is 0 Å². The van der Waals surface area contributed by atoms with E-state index >= 15 is 0 Å². The maximum absolute atomic E-state index is 3.67. The monoisotopic (exact) mass is 151 g/mol. The second-order valence-corrected chi connectivity index (χ2v) is 2.82. The van der Waals surface area contributed by atoms with Crippen LogP contribution in [0.3, 0.4) is 0 Å². The number of hydrogen-bond donors (Lipinski definition) is 0. The molecule has 0 bridgehead atoms. The van der Waals surface area contributed by atoms with Crippen LogP contribution < -0.4 is 0 Å². The number of hydrogen-bond acceptors (Lipinski definition) is 1. The minimum atomic E-state index is 1.19. The van der Waals surface area contributed by atoms with Crippen molar-refractivity contribution < 1.29 is 0 Å². The molecule has 0 aromatic rings. The molecule has 0 unspecified atom stereocenters. The van der Waals surface area contributed by atoms with Crippen molar-refractivity contribution in [1.82, 2.24) is 4.90 Å². The maximum Gasteiger partial charge on any atom is 0.00959 e. The summed E-state index contributed by atoms with van der Waals surface area (Å²) in [6.45, 7) is 7.78. The predicted octanol–water partition coefficient (Wildman–Crippen LogP) is 2.58. The molecular formula is C10H17N. The zero-order valence-electron chi connectivity index (χ0n) is 7.89. The summed E-state index contributed by atoms with van der Waals surface area (Å²) < 4.78 is 0. The largest absolute Gasteiger partial charge is 0.381 e. The highest BCUT2D eigenvalue weighted by Gasteiger charge is 1.86. The van der Waals surface area contributed by atoms with Gasteiger partial charge in [-0.15, -0.1) is 0 Å². The van der Waals surface area contributed by atoms with Crippen molar-refractivity contribution in [2.24, 2.45) is 0 Å². The third-order valence-corrected chi connectivity index (χ3v) is 1.61. The molecule has 1 heteroatoms. The van der Waals surface area contributed by atoms with Gasteiger partial charge in [-0.05, 0) is 19.9 Å². The molecule has 0 saturated heterocycles. The van der Waals surface area contributed by atoms with E-state index in [9.17, 15) is 0 Å². The van der Waals surface area contributed by atoms with Crippen LogP contribution in [0.5, 0.6) is 0 Å². The van der Waals surface area contributed by atoms with Crippen LogP contribution >= 0.6 is 0 Å². The molecule has 0 rings (SSSR count). The molecule has 0 aliphatic carbocycles. The summed E-state index contributed by atoms with van der Waals surface area (Å²) in [5, 5.41) is 0. The lowest BCUT2D eigenvalue weighted by atomic mass is 10.2. The van der Waals surface area contributed by atoms with Gasteiger partial charge in [0.2, 0.25) is 0 Å². The fourth-order valence-electron chi connectivity index (χ4n) is 0.469. The van der Waals surface area contributed by atoms with Crippen LogP contribution in [0.4, 0.5) is 0 Å². The first-order valence-corrected chi connectivity index (χ1v) is 3.73. The number of allylic oxidation sites excluding steroid dienone is 5. The molecule has 0 aliphatic heterocycles. The number of nitrogens with zero attached hydrogens (tertiary/aromatic N) is 1. The molecule has 11 heavy (non-hydrogen) atoms. The summed E-state index contributed by atoms with van der Waals surface area (Å²) in [6, 6.07) is 0. The van der Waals surface area contributed by atoms with Crippen molar-refractivity contribution in [2.75, 3.05) is 14.1 Å². The molecular weight excluding hydrogens is 134 g/mol. The minimum absolute atomic E-state index is 1.19. The van der Waals surface area contributed by atoms with Crippen LogP contribution in [0.1, 0.15) is 13.8 Å². The highest BCUT2D eigenvalue weighted by molar-refractivity contribution is 5.21. The molecule has 0 fully saturated rings. The third kappa shape index (κ3) is 4.43. The van der Waals surface area contributed by atoms with Gasteiger partial charge in [-0.3, -0.25) is 0 Å². The van der Waals surface area contributed by atoms with Gasteiger partial charge in [0, 0.05) is 19.8 Å². The molecule has 1 nitrogen and oxygen atoms in total. The molecule has 62 valence electrons. The van der Waals surface area contributed by atoms with Gasteiger partial charge in [-0.25, -0.2) is 0 Å². The number of rotatable bonds is 3. The standard InChI is InChI=1S/C10H17N/c1-6-9(2)7-8-10(3)11(4)5/h6-8H,1H2,2-5H3. The topological polar surface area (TPSA) is 3.24 Å². The Hall–Kier alpha value is -0.980. The molecule has 0 radical (unpaired) electrons. The molecule has 0 aliphatic rings. The SMILES string of the molecule is C=CC(C)=CC=C(C)N(C)C. The van der Waals surface area contributed by atoms with E-state index in [1.807, 2.05) is 27.1 Å².